The highest BCUT2D eigenvalue weighted by molar-refractivity contribution is 7.22. The summed E-state index contributed by atoms with van der Waals surface area (Å²) in [4.78, 5) is 22.1. The first-order chi connectivity index (χ1) is 13.2. The average Bonchev–Trinajstić information content (AvgIpc) is 3.07. The molecular formula is C20H27N3O3S. The minimum Gasteiger partial charge on any atom is -0.497 e. The molecule has 1 aliphatic heterocycles. The molecule has 0 radical (unpaired) electrons. The molecule has 7 heteroatoms. The highest BCUT2D eigenvalue weighted by Crippen LogP contribution is 2.35. The molecule has 1 aliphatic carbocycles. The van der Waals surface area contributed by atoms with Crippen LogP contribution in [0.4, 0.5) is 5.13 Å². The van der Waals surface area contributed by atoms with Crippen LogP contribution in [0.3, 0.4) is 0 Å². The summed E-state index contributed by atoms with van der Waals surface area (Å²) in [6.07, 6.45) is 4.14. The smallest absolute Gasteiger partial charge is 0.231 e. The fourth-order valence-corrected chi connectivity index (χ4v) is 4.57. The number of morpholine rings is 1. The van der Waals surface area contributed by atoms with Gasteiger partial charge in [0, 0.05) is 38.2 Å². The minimum absolute atomic E-state index is 0.176. The lowest BCUT2D eigenvalue weighted by Crippen LogP contribution is -2.42. The molecule has 2 aliphatic rings. The highest BCUT2D eigenvalue weighted by Gasteiger charge is 2.31. The molecular weight excluding hydrogens is 362 g/mol. The number of amides is 1. The Hall–Kier alpha value is -1.70. The van der Waals surface area contributed by atoms with Gasteiger partial charge in [0.25, 0.3) is 0 Å². The van der Waals surface area contributed by atoms with Gasteiger partial charge in [0.2, 0.25) is 5.91 Å². The van der Waals surface area contributed by atoms with Gasteiger partial charge in [0.05, 0.1) is 30.5 Å². The van der Waals surface area contributed by atoms with E-state index in [0.29, 0.717) is 0 Å². The maximum Gasteiger partial charge on any atom is 0.231 e. The Kier molecular flexibility index (Phi) is 5.90. The van der Waals surface area contributed by atoms with Crippen molar-refractivity contribution in [2.24, 2.45) is 5.92 Å². The van der Waals surface area contributed by atoms with E-state index in [9.17, 15) is 4.79 Å². The second kappa shape index (κ2) is 8.54. The first-order valence-corrected chi connectivity index (χ1v) is 10.6. The molecule has 2 fully saturated rings. The highest BCUT2D eigenvalue weighted by atomic mass is 32.1. The predicted octanol–water partition coefficient (Wildman–Crippen LogP) is 3.16. The topological polar surface area (TPSA) is 54.9 Å². The van der Waals surface area contributed by atoms with Crippen molar-refractivity contribution in [3.8, 4) is 5.75 Å². The van der Waals surface area contributed by atoms with E-state index in [0.717, 1.165) is 86.2 Å². The Morgan fingerprint density at radius 2 is 2.19 bits per heavy atom. The van der Waals surface area contributed by atoms with Crippen molar-refractivity contribution in [2.75, 3.05) is 51.4 Å². The monoisotopic (exact) mass is 389 g/mol. The minimum atomic E-state index is 0.176. The van der Waals surface area contributed by atoms with Gasteiger partial charge in [-0.2, -0.15) is 0 Å². The number of nitrogens with zero attached hydrogens (tertiary/aromatic N) is 3. The van der Waals surface area contributed by atoms with Crippen molar-refractivity contribution in [1.82, 2.24) is 9.88 Å². The summed E-state index contributed by atoms with van der Waals surface area (Å²) in [5.74, 6) is 1.22. The van der Waals surface area contributed by atoms with Gasteiger partial charge < -0.3 is 9.47 Å². The normalized spacial score (nSPS) is 18.4. The number of carbonyl (C=O) groups is 1. The van der Waals surface area contributed by atoms with Gasteiger partial charge in [-0.05, 0) is 31.4 Å². The Morgan fingerprint density at radius 3 is 2.89 bits per heavy atom. The molecule has 1 aromatic heterocycles. The van der Waals surface area contributed by atoms with Crippen LogP contribution in [0.2, 0.25) is 0 Å². The molecule has 1 saturated heterocycles. The zero-order valence-corrected chi connectivity index (χ0v) is 16.7. The quantitative estimate of drug-likeness (QED) is 0.728. The zero-order valence-electron chi connectivity index (χ0n) is 15.9. The second-order valence-electron chi connectivity index (χ2n) is 7.26. The van der Waals surface area contributed by atoms with Crippen LogP contribution in [-0.2, 0) is 9.53 Å². The number of methoxy groups -OCH3 is 1. The third-order valence-corrected chi connectivity index (χ3v) is 6.55. The number of aromatic nitrogens is 1. The van der Waals surface area contributed by atoms with E-state index in [1.54, 1.807) is 18.4 Å². The van der Waals surface area contributed by atoms with Gasteiger partial charge in [0.15, 0.2) is 5.13 Å². The van der Waals surface area contributed by atoms with Gasteiger partial charge in [-0.1, -0.05) is 17.8 Å². The van der Waals surface area contributed by atoms with Crippen LogP contribution < -0.4 is 9.64 Å². The molecule has 2 aromatic rings. The molecule has 1 saturated carbocycles. The number of fused-ring (bicyclic) bond motifs is 1. The molecule has 6 nitrogen and oxygen atoms in total. The molecule has 146 valence electrons. The number of hydrogen-bond donors (Lipinski definition) is 0. The van der Waals surface area contributed by atoms with Crippen LogP contribution in [0.15, 0.2) is 18.2 Å². The maximum absolute atomic E-state index is 13.0. The first-order valence-electron chi connectivity index (χ1n) is 9.80. The summed E-state index contributed by atoms with van der Waals surface area (Å²) in [6, 6.07) is 5.91. The van der Waals surface area contributed by atoms with Crippen molar-refractivity contribution in [1.29, 1.82) is 0 Å². The zero-order chi connectivity index (χ0) is 18.6. The molecule has 0 bridgehead atoms. The molecule has 0 spiro atoms. The largest absolute Gasteiger partial charge is 0.497 e. The molecule has 0 N–H and O–H groups in total. The van der Waals surface area contributed by atoms with Crippen molar-refractivity contribution in [2.45, 2.75) is 25.7 Å². The Balaban J connectivity index is 1.49. The average molecular weight is 390 g/mol. The van der Waals surface area contributed by atoms with Gasteiger partial charge >= 0.3 is 0 Å². The van der Waals surface area contributed by atoms with Crippen LogP contribution in [0.25, 0.3) is 10.2 Å². The summed E-state index contributed by atoms with van der Waals surface area (Å²) in [5.41, 5.74) is 0.897. The Labute approximate surface area is 164 Å². The molecule has 4 rings (SSSR count). The lowest BCUT2D eigenvalue weighted by molar-refractivity contribution is -0.124. The number of carbonyl (C=O) groups excluding carboxylic acids is 1. The van der Waals surface area contributed by atoms with E-state index in [4.69, 9.17) is 14.5 Å². The molecule has 1 amide bonds. The van der Waals surface area contributed by atoms with Crippen LogP contribution in [0.1, 0.15) is 25.7 Å². The van der Waals surface area contributed by atoms with Crippen molar-refractivity contribution in [3.63, 3.8) is 0 Å². The summed E-state index contributed by atoms with van der Waals surface area (Å²) in [5, 5.41) is 0.817. The maximum atomic E-state index is 13.0. The molecule has 0 unspecified atom stereocenters. The van der Waals surface area contributed by atoms with Gasteiger partial charge in [-0.15, -0.1) is 0 Å². The first kappa shape index (κ1) is 18.7. The number of ether oxygens (including phenoxy) is 2. The third-order valence-electron chi connectivity index (χ3n) is 5.49. The van der Waals surface area contributed by atoms with Gasteiger partial charge in [0.1, 0.15) is 5.75 Å². The van der Waals surface area contributed by atoms with Crippen LogP contribution in [-0.4, -0.2) is 62.3 Å². The van der Waals surface area contributed by atoms with Gasteiger partial charge in [-0.25, -0.2) is 4.98 Å². The Morgan fingerprint density at radius 1 is 1.37 bits per heavy atom. The number of benzene rings is 1. The van der Waals surface area contributed by atoms with E-state index >= 15 is 0 Å². The van der Waals surface area contributed by atoms with E-state index in [2.05, 4.69) is 4.90 Å². The SMILES string of the molecule is COc1ccc2sc(N(CCCN3CCOCC3)C(=O)C3CCC3)nc2c1. The summed E-state index contributed by atoms with van der Waals surface area (Å²) in [7, 11) is 1.66. The Bertz CT molecular complexity index is 784. The standard InChI is InChI=1S/C20H27N3O3S/c1-25-16-6-7-18-17(14-16)21-20(27-18)23(19(24)15-4-2-5-15)9-3-8-22-10-12-26-13-11-22/h6-7,14-15H,2-5,8-13H2,1H3. The molecule has 0 atom stereocenters. The lowest BCUT2D eigenvalue weighted by atomic mass is 9.84. The second-order valence-corrected chi connectivity index (χ2v) is 8.26. The van der Waals surface area contributed by atoms with Crippen LogP contribution >= 0.6 is 11.3 Å². The molecule has 1 aromatic carbocycles. The van der Waals surface area contributed by atoms with E-state index < -0.39 is 0 Å². The van der Waals surface area contributed by atoms with Crippen molar-refractivity contribution >= 4 is 32.6 Å². The van der Waals surface area contributed by atoms with Crippen molar-refractivity contribution in [3.05, 3.63) is 18.2 Å². The number of thiazole rings is 1. The van der Waals surface area contributed by atoms with Crippen LogP contribution in [0.5, 0.6) is 5.75 Å². The number of anilines is 1. The summed E-state index contributed by atoms with van der Waals surface area (Å²) in [6.45, 7) is 5.31. The van der Waals surface area contributed by atoms with Gasteiger partial charge in [-0.3, -0.25) is 14.6 Å². The summed E-state index contributed by atoms with van der Waals surface area (Å²) >= 11 is 1.60. The van der Waals surface area contributed by atoms with E-state index in [1.807, 2.05) is 23.1 Å². The third kappa shape index (κ3) is 4.25. The molecule has 2 heterocycles. The number of hydrogen-bond acceptors (Lipinski definition) is 6. The molecule has 27 heavy (non-hydrogen) atoms. The fourth-order valence-electron chi connectivity index (χ4n) is 3.59. The van der Waals surface area contributed by atoms with E-state index in [-0.39, 0.29) is 11.8 Å². The van der Waals surface area contributed by atoms with E-state index in [1.165, 1.54) is 0 Å². The van der Waals surface area contributed by atoms with Crippen molar-refractivity contribution < 1.29 is 14.3 Å². The van der Waals surface area contributed by atoms with Crippen LogP contribution in [0, 0.1) is 5.92 Å². The summed E-state index contributed by atoms with van der Waals surface area (Å²) < 4.78 is 11.8. The predicted molar refractivity (Wildman–Crippen MR) is 108 cm³/mol. The lowest BCUT2D eigenvalue weighted by Gasteiger charge is -2.31. The number of rotatable bonds is 7. The fraction of sp³-hybridized carbons (Fsp3) is 0.600.